The van der Waals surface area contributed by atoms with Crippen LogP contribution in [0.4, 0.5) is 14.5 Å². The highest BCUT2D eigenvalue weighted by molar-refractivity contribution is 5.92. The molecule has 0 aliphatic carbocycles. The van der Waals surface area contributed by atoms with Crippen LogP contribution in [0.25, 0.3) is 0 Å². The summed E-state index contributed by atoms with van der Waals surface area (Å²) >= 11 is 0. The first-order chi connectivity index (χ1) is 12.0. The number of hydrogen-bond donors (Lipinski definition) is 0. The number of benzene rings is 1. The monoisotopic (exact) mass is 350 g/mol. The number of halogens is 2. The molecule has 2 aromatic rings. The molecule has 1 aromatic heterocycles. The predicted octanol–water partition coefficient (Wildman–Crippen LogP) is 2.64. The molecule has 1 unspecified atom stereocenters. The van der Waals surface area contributed by atoms with Gasteiger partial charge in [-0.1, -0.05) is 12.1 Å². The first-order valence-electron chi connectivity index (χ1n) is 8.03. The lowest BCUT2D eigenvalue weighted by molar-refractivity contribution is 0.0542. The Bertz CT molecular complexity index is 750. The Morgan fingerprint density at radius 2 is 2.04 bits per heavy atom. The van der Waals surface area contributed by atoms with Crippen molar-refractivity contribution in [3.05, 3.63) is 42.2 Å². The summed E-state index contributed by atoms with van der Waals surface area (Å²) in [4.78, 5) is 16.4. The summed E-state index contributed by atoms with van der Waals surface area (Å²) in [5.74, 6) is 0.455. The van der Waals surface area contributed by atoms with Crippen LogP contribution in [0.1, 0.15) is 24.0 Å². The highest BCUT2D eigenvalue weighted by Gasteiger charge is 2.30. The predicted molar refractivity (Wildman–Crippen MR) is 89.2 cm³/mol. The molecule has 1 aliphatic rings. The molecule has 25 heavy (non-hydrogen) atoms. The van der Waals surface area contributed by atoms with E-state index in [1.54, 1.807) is 12.0 Å². The summed E-state index contributed by atoms with van der Waals surface area (Å²) in [5, 5.41) is 3.67. The van der Waals surface area contributed by atoms with Crippen molar-refractivity contribution in [1.29, 1.82) is 0 Å². The molecule has 1 saturated heterocycles. The third-order valence-corrected chi connectivity index (χ3v) is 4.34. The molecule has 8 heteroatoms. The number of alkyl halides is 2. The average molecular weight is 350 g/mol. The molecule has 134 valence electrons. The number of methoxy groups -OCH3 is 1. The molecule has 0 bridgehead atoms. The van der Waals surface area contributed by atoms with Crippen LogP contribution in [0.15, 0.2) is 36.5 Å². The lowest BCUT2D eigenvalue weighted by atomic mass is 10.1. The maximum absolute atomic E-state index is 12.6. The highest BCUT2D eigenvalue weighted by atomic mass is 19.3. The third kappa shape index (κ3) is 3.42. The molecule has 2 heterocycles. The Morgan fingerprint density at radius 3 is 2.68 bits per heavy atom. The Morgan fingerprint density at radius 1 is 1.28 bits per heavy atom. The molecule has 1 fully saturated rings. The van der Waals surface area contributed by atoms with E-state index in [1.807, 2.05) is 31.2 Å². The van der Waals surface area contributed by atoms with E-state index in [0.29, 0.717) is 24.3 Å². The second-order valence-electron chi connectivity index (χ2n) is 5.92. The zero-order valence-corrected chi connectivity index (χ0v) is 14.1. The highest BCUT2D eigenvalue weighted by Crippen LogP contribution is 2.29. The van der Waals surface area contributed by atoms with Crippen molar-refractivity contribution >= 4 is 11.6 Å². The topological polar surface area (TPSA) is 50.6 Å². The number of ether oxygens (including phenoxy) is 1. The van der Waals surface area contributed by atoms with Crippen molar-refractivity contribution in [3.8, 4) is 5.75 Å². The summed E-state index contributed by atoms with van der Waals surface area (Å²) < 4.78 is 31.1. The van der Waals surface area contributed by atoms with Gasteiger partial charge >= 0.3 is 6.55 Å². The minimum absolute atomic E-state index is 0.0397. The van der Waals surface area contributed by atoms with E-state index in [1.165, 1.54) is 6.07 Å². The minimum Gasteiger partial charge on any atom is -0.495 e. The van der Waals surface area contributed by atoms with Gasteiger partial charge in [0.2, 0.25) is 0 Å². The standard InChI is InChI=1S/C17H20F2N4O2/c1-12-11-21(14-5-3-4-6-15(14)25-2)9-10-22(12)16(24)13-7-8-23(20-13)17(18)19/h3-8,12,17H,9-11H2,1-2H3. The molecule has 1 atom stereocenters. The maximum atomic E-state index is 12.6. The van der Waals surface area contributed by atoms with Gasteiger partial charge in [-0.2, -0.15) is 13.9 Å². The number of para-hydroxylation sites is 2. The van der Waals surface area contributed by atoms with E-state index >= 15 is 0 Å². The number of aromatic nitrogens is 2. The zero-order chi connectivity index (χ0) is 18.0. The van der Waals surface area contributed by atoms with Gasteiger partial charge in [0, 0.05) is 31.9 Å². The van der Waals surface area contributed by atoms with Gasteiger partial charge < -0.3 is 14.5 Å². The van der Waals surface area contributed by atoms with E-state index in [9.17, 15) is 13.6 Å². The van der Waals surface area contributed by atoms with Crippen LogP contribution in [0.3, 0.4) is 0 Å². The van der Waals surface area contributed by atoms with Crippen molar-refractivity contribution in [2.45, 2.75) is 19.5 Å². The summed E-state index contributed by atoms with van der Waals surface area (Å²) in [7, 11) is 1.63. The number of piperazine rings is 1. The van der Waals surface area contributed by atoms with E-state index in [4.69, 9.17) is 4.74 Å². The van der Waals surface area contributed by atoms with Crippen LogP contribution >= 0.6 is 0 Å². The molecular formula is C17H20F2N4O2. The normalized spacial score (nSPS) is 17.9. The molecule has 6 nitrogen and oxygen atoms in total. The Balaban J connectivity index is 1.72. The summed E-state index contributed by atoms with van der Waals surface area (Å²) in [5.41, 5.74) is 1.02. The summed E-state index contributed by atoms with van der Waals surface area (Å²) in [6, 6.07) is 8.97. The number of amides is 1. The number of carbonyl (C=O) groups excluding carboxylic acids is 1. The Hall–Kier alpha value is -2.64. The second-order valence-corrected chi connectivity index (χ2v) is 5.92. The first kappa shape index (κ1) is 17.2. The zero-order valence-electron chi connectivity index (χ0n) is 14.1. The van der Waals surface area contributed by atoms with E-state index in [-0.39, 0.29) is 17.6 Å². The number of anilines is 1. The van der Waals surface area contributed by atoms with Gasteiger partial charge in [0.05, 0.1) is 12.8 Å². The number of nitrogens with zero attached hydrogens (tertiary/aromatic N) is 4. The summed E-state index contributed by atoms with van der Waals surface area (Å²) in [6.07, 6.45) is 1.12. The summed E-state index contributed by atoms with van der Waals surface area (Å²) in [6.45, 7) is 0.929. The quantitative estimate of drug-likeness (QED) is 0.851. The SMILES string of the molecule is COc1ccccc1N1CCN(C(=O)c2ccn(C(F)F)n2)C(C)C1. The van der Waals surface area contributed by atoms with Crippen molar-refractivity contribution in [2.75, 3.05) is 31.6 Å². The molecular weight excluding hydrogens is 330 g/mol. The number of hydrogen-bond acceptors (Lipinski definition) is 4. The van der Waals surface area contributed by atoms with Crippen LogP contribution in [0, 0.1) is 0 Å². The van der Waals surface area contributed by atoms with E-state index in [0.717, 1.165) is 17.6 Å². The molecule has 1 aliphatic heterocycles. The van der Waals surface area contributed by atoms with Crippen LogP contribution in [-0.2, 0) is 0 Å². The Kier molecular flexibility index (Phi) is 4.87. The first-order valence-corrected chi connectivity index (χ1v) is 8.03. The average Bonchev–Trinajstić information content (AvgIpc) is 3.11. The molecule has 1 aromatic carbocycles. The Labute approximate surface area is 144 Å². The third-order valence-electron chi connectivity index (χ3n) is 4.34. The maximum Gasteiger partial charge on any atom is 0.333 e. The fourth-order valence-electron chi connectivity index (χ4n) is 3.08. The van der Waals surface area contributed by atoms with Gasteiger partial charge in [0.25, 0.3) is 5.91 Å². The molecule has 1 amide bonds. The van der Waals surface area contributed by atoms with Crippen LogP contribution in [-0.4, -0.2) is 53.4 Å². The van der Waals surface area contributed by atoms with E-state index in [2.05, 4.69) is 10.00 Å². The van der Waals surface area contributed by atoms with Crippen molar-refractivity contribution in [3.63, 3.8) is 0 Å². The lowest BCUT2D eigenvalue weighted by Crippen LogP contribution is -2.54. The van der Waals surface area contributed by atoms with E-state index < -0.39 is 6.55 Å². The number of rotatable bonds is 4. The van der Waals surface area contributed by atoms with Crippen molar-refractivity contribution < 1.29 is 18.3 Å². The minimum atomic E-state index is -2.75. The largest absolute Gasteiger partial charge is 0.495 e. The van der Waals surface area contributed by atoms with Crippen molar-refractivity contribution in [2.24, 2.45) is 0 Å². The van der Waals surface area contributed by atoms with Gasteiger partial charge in [-0.3, -0.25) is 4.79 Å². The lowest BCUT2D eigenvalue weighted by Gasteiger charge is -2.41. The fraction of sp³-hybridized carbons (Fsp3) is 0.412. The number of carbonyl (C=O) groups is 1. The molecule has 0 saturated carbocycles. The molecule has 3 rings (SSSR count). The van der Waals surface area contributed by atoms with Gasteiger partial charge in [-0.15, -0.1) is 0 Å². The molecule has 0 spiro atoms. The van der Waals surface area contributed by atoms with Gasteiger partial charge in [0.15, 0.2) is 5.69 Å². The van der Waals surface area contributed by atoms with Gasteiger partial charge in [-0.25, -0.2) is 4.68 Å². The van der Waals surface area contributed by atoms with Crippen LogP contribution in [0.5, 0.6) is 5.75 Å². The van der Waals surface area contributed by atoms with Crippen molar-refractivity contribution in [1.82, 2.24) is 14.7 Å². The second kappa shape index (κ2) is 7.08. The smallest absolute Gasteiger partial charge is 0.333 e. The van der Waals surface area contributed by atoms with Gasteiger partial charge in [0.1, 0.15) is 5.75 Å². The van der Waals surface area contributed by atoms with Crippen LogP contribution < -0.4 is 9.64 Å². The fourth-order valence-corrected chi connectivity index (χ4v) is 3.08. The molecule has 0 N–H and O–H groups in total. The molecule has 0 radical (unpaired) electrons. The van der Waals surface area contributed by atoms with Gasteiger partial charge in [-0.05, 0) is 25.1 Å². The van der Waals surface area contributed by atoms with Crippen LogP contribution in [0.2, 0.25) is 0 Å².